The van der Waals surface area contributed by atoms with Crippen molar-refractivity contribution in [2.75, 3.05) is 12.4 Å². The standard InChI is InChI=1S/C17H14FN3O2S/c1-10-7-8-13(23-2)15(20-10)21-16(22)14-9-19-17(24-14)11-5-3-4-6-12(11)18/h3-9H,1-2H3,(H,20,21,22). The van der Waals surface area contributed by atoms with Crippen LogP contribution >= 0.6 is 11.3 Å². The summed E-state index contributed by atoms with van der Waals surface area (Å²) in [6.07, 6.45) is 1.42. The predicted molar refractivity (Wildman–Crippen MR) is 91.0 cm³/mol. The van der Waals surface area contributed by atoms with E-state index in [0.717, 1.165) is 17.0 Å². The summed E-state index contributed by atoms with van der Waals surface area (Å²) in [7, 11) is 1.50. The molecule has 0 bridgehead atoms. The largest absolute Gasteiger partial charge is 0.493 e. The van der Waals surface area contributed by atoms with Gasteiger partial charge in [0.25, 0.3) is 5.91 Å². The minimum Gasteiger partial charge on any atom is -0.493 e. The van der Waals surface area contributed by atoms with Gasteiger partial charge in [-0.2, -0.15) is 0 Å². The maximum Gasteiger partial charge on any atom is 0.268 e. The second-order valence-corrected chi connectivity index (χ2v) is 6.00. The maximum absolute atomic E-state index is 13.8. The van der Waals surface area contributed by atoms with E-state index in [0.29, 0.717) is 27.0 Å². The molecular weight excluding hydrogens is 329 g/mol. The fourth-order valence-corrected chi connectivity index (χ4v) is 2.94. The van der Waals surface area contributed by atoms with Gasteiger partial charge in [0, 0.05) is 11.3 Å². The van der Waals surface area contributed by atoms with Gasteiger partial charge in [0.15, 0.2) is 11.6 Å². The van der Waals surface area contributed by atoms with Crippen molar-refractivity contribution >= 4 is 23.1 Å². The Morgan fingerprint density at radius 2 is 2.04 bits per heavy atom. The third kappa shape index (κ3) is 3.26. The molecule has 1 aromatic carbocycles. The number of carbonyl (C=O) groups excluding carboxylic acids is 1. The number of amides is 1. The molecule has 2 aromatic heterocycles. The van der Waals surface area contributed by atoms with Crippen LogP contribution in [0.1, 0.15) is 15.4 Å². The van der Waals surface area contributed by atoms with E-state index < -0.39 is 0 Å². The number of rotatable bonds is 4. The second kappa shape index (κ2) is 6.76. The van der Waals surface area contributed by atoms with E-state index in [9.17, 15) is 9.18 Å². The fraction of sp³-hybridized carbons (Fsp3) is 0.118. The normalized spacial score (nSPS) is 10.5. The van der Waals surface area contributed by atoms with Crippen LogP contribution in [0.3, 0.4) is 0 Å². The van der Waals surface area contributed by atoms with Gasteiger partial charge in [-0.05, 0) is 31.2 Å². The molecule has 7 heteroatoms. The first-order valence-electron chi connectivity index (χ1n) is 7.12. The fourth-order valence-electron chi connectivity index (χ4n) is 2.11. The predicted octanol–water partition coefficient (Wildman–Crippen LogP) is 3.91. The molecule has 0 atom stereocenters. The number of anilines is 1. The number of ether oxygens (including phenoxy) is 1. The van der Waals surface area contributed by atoms with Crippen molar-refractivity contribution in [3.05, 3.63) is 59.0 Å². The number of pyridine rings is 1. The van der Waals surface area contributed by atoms with Crippen molar-refractivity contribution in [2.24, 2.45) is 0 Å². The van der Waals surface area contributed by atoms with Crippen LogP contribution in [0.5, 0.6) is 5.75 Å². The van der Waals surface area contributed by atoms with Crippen molar-refractivity contribution in [1.29, 1.82) is 0 Å². The maximum atomic E-state index is 13.8. The van der Waals surface area contributed by atoms with Gasteiger partial charge in [-0.15, -0.1) is 11.3 Å². The SMILES string of the molecule is COc1ccc(C)nc1NC(=O)c1cnc(-c2ccccc2F)s1. The molecule has 0 unspecified atom stereocenters. The summed E-state index contributed by atoms with van der Waals surface area (Å²) in [6, 6.07) is 9.84. The zero-order valence-electron chi connectivity index (χ0n) is 13.0. The van der Waals surface area contributed by atoms with Gasteiger partial charge >= 0.3 is 0 Å². The van der Waals surface area contributed by atoms with Crippen LogP contribution in [-0.4, -0.2) is 23.0 Å². The molecule has 0 fully saturated rings. The second-order valence-electron chi connectivity index (χ2n) is 4.97. The number of methoxy groups -OCH3 is 1. The van der Waals surface area contributed by atoms with Gasteiger partial charge in [-0.3, -0.25) is 4.79 Å². The van der Waals surface area contributed by atoms with Gasteiger partial charge in [0.1, 0.15) is 15.7 Å². The van der Waals surface area contributed by atoms with E-state index in [-0.39, 0.29) is 11.7 Å². The van der Waals surface area contributed by atoms with Crippen LogP contribution in [0.4, 0.5) is 10.2 Å². The first-order valence-corrected chi connectivity index (χ1v) is 7.94. The Labute approximate surface area is 142 Å². The Morgan fingerprint density at radius 3 is 2.79 bits per heavy atom. The Kier molecular flexibility index (Phi) is 4.52. The Morgan fingerprint density at radius 1 is 1.25 bits per heavy atom. The molecule has 1 N–H and O–H groups in total. The van der Waals surface area contributed by atoms with Gasteiger partial charge in [0.05, 0.1) is 13.3 Å². The zero-order chi connectivity index (χ0) is 17.1. The van der Waals surface area contributed by atoms with Crippen LogP contribution in [0.25, 0.3) is 10.6 Å². The van der Waals surface area contributed by atoms with Crippen LogP contribution in [0, 0.1) is 12.7 Å². The van der Waals surface area contributed by atoms with Crippen molar-refractivity contribution in [1.82, 2.24) is 9.97 Å². The van der Waals surface area contributed by atoms with Gasteiger partial charge in [-0.25, -0.2) is 14.4 Å². The molecule has 3 rings (SSSR count). The third-order valence-corrected chi connectivity index (χ3v) is 4.31. The van der Waals surface area contributed by atoms with Gasteiger partial charge < -0.3 is 10.1 Å². The average Bonchev–Trinajstić information content (AvgIpc) is 3.05. The number of aromatic nitrogens is 2. The van der Waals surface area contributed by atoms with Crippen molar-refractivity contribution in [3.63, 3.8) is 0 Å². The third-order valence-electron chi connectivity index (χ3n) is 3.28. The monoisotopic (exact) mass is 343 g/mol. The summed E-state index contributed by atoms with van der Waals surface area (Å²) >= 11 is 1.11. The Balaban J connectivity index is 1.85. The number of aryl methyl sites for hydroxylation is 1. The summed E-state index contributed by atoms with van der Waals surface area (Å²) in [5, 5.41) is 3.15. The first kappa shape index (κ1) is 16.1. The number of benzene rings is 1. The Bertz CT molecular complexity index is 895. The minimum absolute atomic E-state index is 0.336. The van der Waals surface area contributed by atoms with E-state index in [4.69, 9.17) is 4.74 Å². The molecule has 0 saturated heterocycles. The molecule has 0 spiro atoms. The van der Waals surface area contributed by atoms with Crippen LogP contribution in [-0.2, 0) is 0 Å². The zero-order valence-corrected chi connectivity index (χ0v) is 13.9. The summed E-state index contributed by atoms with van der Waals surface area (Å²) in [4.78, 5) is 21.1. The molecule has 0 aliphatic carbocycles. The molecule has 0 aliphatic rings. The van der Waals surface area contributed by atoms with Crippen molar-refractivity contribution in [3.8, 4) is 16.3 Å². The highest BCUT2D eigenvalue weighted by atomic mass is 32.1. The van der Waals surface area contributed by atoms with E-state index >= 15 is 0 Å². The summed E-state index contributed by atoms with van der Waals surface area (Å²) in [5.41, 5.74) is 1.12. The van der Waals surface area contributed by atoms with Crippen molar-refractivity contribution in [2.45, 2.75) is 6.92 Å². The number of thiazole rings is 1. The summed E-state index contributed by atoms with van der Waals surface area (Å²) < 4.78 is 19.0. The molecular formula is C17H14FN3O2S. The van der Waals surface area contributed by atoms with E-state index in [1.807, 2.05) is 6.92 Å². The minimum atomic E-state index is -0.374. The molecule has 2 heterocycles. The molecule has 122 valence electrons. The molecule has 0 saturated carbocycles. The Hall–Kier alpha value is -2.80. The highest BCUT2D eigenvalue weighted by Crippen LogP contribution is 2.28. The molecule has 5 nitrogen and oxygen atoms in total. The number of carbonyl (C=O) groups is 1. The molecule has 0 aliphatic heterocycles. The lowest BCUT2D eigenvalue weighted by atomic mass is 10.2. The number of nitrogens with zero attached hydrogens (tertiary/aromatic N) is 2. The molecule has 1 amide bonds. The summed E-state index contributed by atoms with van der Waals surface area (Å²) in [5.74, 6) is 0.0588. The molecule has 24 heavy (non-hydrogen) atoms. The smallest absolute Gasteiger partial charge is 0.268 e. The number of nitrogens with one attached hydrogen (secondary N) is 1. The first-order chi connectivity index (χ1) is 11.6. The topological polar surface area (TPSA) is 64.1 Å². The van der Waals surface area contributed by atoms with E-state index in [1.54, 1.807) is 30.3 Å². The number of hydrogen-bond acceptors (Lipinski definition) is 5. The van der Waals surface area contributed by atoms with Crippen LogP contribution < -0.4 is 10.1 Å². The van der Waals surface area contributed by atoms with E-state index in [1.165, 1.54) is 19.4 Å². The lowest BCUT2D eigenvalue weighted by Gasteiger charge is -2.08. The number of halogens is 1. The van der Waals surface area contributed by atoms with Crippen LogP contribution in [0.2, 0.25) is 0 Å². The van der Waals surface area contributed by atoms with Crippen LogP contribution in [0.15, 0.2) is 42.6 Å². The number of hydrogen-bond donors (Lipinski definition) is 1. The highest BCUT2D eigenvalue weighted by molar-refractivity contribution is 7.17. The quantitative estimate of drug-likeness (QED) is 0.780. The van der Waals surface area contributed by atoms with Crippen molar-refractivity contribution < 1.29 is 13.9 Å². The average molecular weight is 343 g/mol. The lowest BCUT2D eigenvalue weighted by Crippen LogP contribution is -2.12. The van der Waals surface area contributed by atoms with Gasteiger partial charge in [-0.1, -0.05) is 12.1 Å². The lowest BCUT2D eigenvalue weighted by molar-refractivity contribution is 0.102. The summed E-state index contributed by atoms with van der Waals surface area (Å²) in [6.45, 7) is 1.82. The highest BCUT2D eigenvalue weighted by Gasteiger charge is 2.16. The molecule has 0 radical (unpaired) electrons. The van der Waals surface area contributed by atoms with E-state index in [2.05, 4.69) is 15.3 Å². The van der Waals surface area contributed by atoms with Gasteiger partial charge in [0.2, 0.25) is 0 Å². The molecule has 3 aromatic rings.